The Hall–Kier alpha value is -6.00. The lowest BCUT2D eigenvalue weighted by Crippen LogP contribution is -2.61. The van der Waals surface area contributed by atoms with Gasteiger partial charge in [0.1, 0.15) is 0 Å². The van der Waals surface area contributed by atoms with Crippen molar-refractivity contribution in [3.63, 3.8) is 0 Å². The molecule has 3 aliphatic heterocycles. The molecular weight excluding hydrogens is 918 g/mol. The molecule has 2 unspecified atom stereocenters. The van der Waals surface area contributed by atoms with Crippen LogP contribution in [0.2, 0.25) is 0 Å². The van der Waals surface area contributed by atoms with E-state index in [1.165, 1.54) is 138 Å². The molecule has 4 heteroatoms. The molecule has 7 aromatic rings. The van der Waals surface area contributed by atoms with Crippen LogP contribution >= 0.6 is 0 Å². The van der Waals surface area contributed by atoms with E-state index >= 15 is 0 Å². The van der Waals surface area contributed by atoms with Gasteiger partial charge >= 0.3 is 0 Å². The number of fused-ring (bicyclic) bond motifs is 7. The first kappa shape index (κ1) is 52.1. The van der Waals surface area contributed by atoms with E-state index in [9.17, 15) is 0 Å². The molecule has 0 bridgehead atoms. The second kappa shape index (κ2) is 17.8. The zero-order chi connectivity index (χ0) is 54.3. The Labute approximate surface area is 459 Å². The molecule has 0 aromatic heterocycles. The molecule has 76 heavy (non-hydrogen) atoms. The van der Waals surface area contributed by atoms with Crippen molar-refractivity contribution in [2.75, 3.05) is 14.7 Å². The van der Waals surface area contributed by atoms with Crippen molar-refractivity contribution in [1.82, 2.24) is 0 Å². The quantitative estimate of drug-likeness (QED) is 0.163. The smallest absolute Gasteiger partial charge is 0.252 e. The van der Waals surface area contributed by atoms with Gasteiger partial charge in [0.2, 0.25) is 0 Å². The first-order valence-corrected chi connectivity index (χ1v) is 28.9. The lowest BCUT2D eigenvalue weighted by molar-refractivity contribution is 0.217. The zero-order valence-electron chi connectivity index (χ0n) is 49.4. The summed E-state index contributed by atoms with van der Waals surface area (Å²) in [5.74, 6) is 0. The highest BCUT2D eigenvalue weighted by molar-refractivity contribution is 7.00. The fourth-order valence-corrected chi connectivity index (χ4v) is 13.7. The molecule has 7 aromatic carbocycles. The van der Waals surface area contributed by atoms with Crippen LogP contribution in [0.15, 0.2) is 140 Å². The van der Waals surface area contributed by atoms with E-state index in [0.717, 1.165) is 6.42 Å². The first-order chi connectivity index (χ1) is 35.6. The number of anilines is 8. The summed E-state index contributed by atoms with van der Waals surface area (Å²) < 4.78 is 0. The average molecular weight is 1000 g/mol. The van der Waals surface area contributed by atoms with E-state index in [2.05, 4.69) is 272 Å². The molecule has 0 saturated heterocycles. The van der Waals surface area contributed by atoms with Gasteiger partial charge in [-0.05, 0) is 157 Å². The second-order valence-electron chi connectivity index (χ2n) is 29.0. The maximum atomic E-state index is 2.87. The minimum atomic E-state index is -0.185. The minimum Gasteiger partial charge on any atom is -0.334 e. The Morgan fingerprint density at radius 2 is 0.868 bits per heavy atom. The molecule has 0 radical (unpaired) electrons. The predicted molar refractivity (Wildman–Crippen MR) is 331 cm³/mol. The molecule has 3 heterocycles. The molecule has 0 amide bonds. The Morgan fingerprint density at radius 1 is 0.382 bits per heavy atom. The molecule has 4 aliphatic rings. The molecule has 2 atom stereocenters. The highest BCUT2D eigenvalue weighted by Gasteiger charge is 2.57. The summed E-state index contributed by atoms with van der Waals surface area (Å²) in [7, 11) is 0. The van der Waals surface area contributed by atoms with Gasteiger partial charge in [-0.1, -0.05) is 221 Å². The lowest BCUT2D eigenvalue weighted by Gasteiger charge is -2.50. The third-order valence-electron chi connectivity index (χ3n) is 18.7. The van der Waals surface area contributed by atoms with Crippen LogP contribution in [0.4, 0.5) is 45.5 Å². The summed E-state index contributed by atoms with van der Waals surface area (Å²) in [6.45, 7) is 40.7. The van der Waals surface area contributed by atoms with E-state index < -0.39 is 0 Å². The van der Waals surface area contributed by atoms with Crippen LogP contribution in [0.5, 0.6) is 0 Å². The van der Waals surface area contributed by atoms with Gasteiger partial charge in [0.15, 0.2) is 0 Å². The standard InChI is InChI=1S/C72H86BN3/c1-66(2,3)48-28-25-29-53(40-48)74-61-43-51(69(10,11)12)30-34-57(61)73-58-35-31-52(70(13,14)15)44-62(58)75(59-36-32-49(67(4,5)6)41-55(59)47-26-21-20-22-27-47)64-46-54(45-63(74)65(64)73)76-60-37-33-50(68(7,8)9)42-56(60)71(16)38-23-18-19-24-39-72(71,76)17/h20-22,25-37,40-46H,18-19,23-24,38-39H2,1-17H3. The maximum Gasteiger partial charge on any atom is 0.252 e. The molecule has 392 valence electrons. The topological polar surface area (TPSA) is 9.72 Å². The first-order valence-electron chi connectivity index (χ1n) is 28.9. The molecule has 0 spiro atoms. The fraction of sp³-hybridized carbons (Fsp3) is 0.417. The van der Waals surface area contributed by atoms with Crippen LogP contribution in [0.25, 0.3) is 11.1 Å². The van der Waals surface area contributed by atoms with E-state index in [-0.39, 0.29) is 44.7 Å². The molecule has 1 aliphatic carbocycles. The fourth-order valence-electron chi connectivity index (χ4n) is 13.7. The van der Waals surface area contributed by atoms with Crippen LogP contribution in [0.3, 0.4) is 0 Å². The summed E-state index contributed by atoms with van der Waals surface area (Å²) in [6, 6.07) is 55.9. The van der Waals surface area contributed by atoms with Gasteiger partial charge in [-0.25, -0.2) is 0 Å². The van der Waals surface area contributed by atoms with Crippen LogP contribution < -0.4 is 31.1 Å². The highest BCUT2D eigenvalue weighted by Crippen LogP contribution is 2.61. The Morgan fingerprint density at radius 3 is 1.45 bits per heavy atom. The molecular formula is C72H86BN3. The largest absolute Gasteiger partial charge is 0.334 e. The summed E-state index contributed by atoms with van der Waals surface area (Å²) in [5.41, 5.74) is 24.5. The van der Waals surface area contributed by atoms with Crippen molar-refractivity contribution in [2.24, 2.45) is 0 Å². The second-order valence-corrected chi connectivity index (χ2v) is 29.0. The molecule has 1 fully saturated rings. The Bertz CT molecular complexity index is 3400. The van der Waals surface area contributed by atoms with Crippen LogP contribution in [0.1, 0.15) is 190 Å². The van der Waals surface area contributed by atoms with Gasteiger partial charge < -0.3 is 14.7 Å². The van der Waals surface area contributed by atoms with Gasteiger partial charge in [0, 0.05) is 50.8 Å². The van der Waals surface area contributed by atoms with Crippen LogP contribution in [0, 0.1) is 0 Å². The summed E-state index contributed by atoms with van der Waals surface area (Å²) in [5, 5.41) is 0. The monoisotopic (exact) mass is 1000 g/mol. The number of rotatable bonds is 4. The number of hydrogen-bond donors (Lipinski definition) is 0. The summed E-state index contributed by atoms with van der Waals surface area (Å²) >= 11 is 0. The zero-order valence-corrected chi connectivity index (χ0v) is 49.4. The van der Waals surface area contributed by atoms with E-state index in [1.54, 1.807) is 0 Å². The van der Waals surface area contributed by atoms with Gasteiger partial charge in [0.25, 0.3) is 6.71 Å². The van der Waals surface area contributed by atoms with Gasteiger partial charge in [-0.2, -0.15) is 0 Å². The third kappa shape index (κ3) is 8.46. The molecule has 11 rings (SSSR count). The number of nitrogens with zero attached hydrogens (tertiary/aromatic N) is 3. The normalized spacial score (nSPS) is 19.6. The van der Waals surface area contributed by atoms with Gasteiger partial charge in [-0.3, -0.25) is 0 Å². The SMILES string of the molecule is CC(C)(C)c1cccc(N2c3cc(C(C)(C)C)ccc3B3c4ccc(C(C)(C)C)cc4N(c4ccc(C(C)(C)C)cc4-c4ccccc4)c4cc(N5c6ccc(C(C)(C)C)cc6C6(C)CCCCCCC56C)cc2c43)c1. The van der Waals surface area contributed by atoms with Crippen molar-refractivity contribution < 1.29 is 0 Å². The lowest BCUT2D eigenvalue weighted by atomic mass is 9.33. The van der Waals surface area contributed by atoms with Gasteiger partial charge in [0.05, 0.1) is 11.2 Å². The average Bonchev–Trinajstić information content (AvgIpc) is 3.73. The van der Waals surface area contributed by atoms with Crippen LogP contribution in [-0.2, 0) is 32.5 Å². The van der Waals surface area contributed by atoms with E-state index in [4.69, 9.17) is 0 Å². The number of benzene rings is 7. The minimum absolute atomic E-state index is 0.0122. The third-order valence-corrected chi connectivity index (χ3v) is 18.7. The summed E-state index contributed by atoms with van der Waals surface area (Å²) in [6.07, 6.45) is 7.33. The number of hydrogen-bond acceptors (Lipinski definition) is 3. The maximum absolute atomic E-state index is 2.87. The van der Waals surface area contributed by atoms with Crippen molar-refractivity contribution in [3.05, 3.63) is 173 Å². The molecule has 1 saturated carbocycles. The Kier molecular flexibility index (Phi) is 12.2. The molecule has 3 nitrogen and oxygen atoms in total. The van der Waals surface area contributed by atoms with Crippen LogP contribution in [-0.4, -0.2) is 12.3 Å². The van der Waals surface area contributed by atoms with Crippen molar-refractivity contribution in [1.29, 1.82) is 0 Å². The van der Waals surface area contributed by atoms with Crippen molar-refractivity contribution in [3.8, 4) is 11.1 Å². The molecule has 0 N–H and O–H groups in total. The van der Waals surface area contributed by atoms with Crippen molar-refractivity contribution in [2.45, 2.75) is 194 Å². The van der Waals surface area contributed by atoms with Gasteiger partial charge in [-0.15, -0.1) is 0 Å². The van der Waals surface area contributed by atoms with E-state index in [1.807, 2.05) is 0 Å². The predicted octanol–water partition coefficient (Wildman–Crippen LogP) is 18.4. The van der Waals surface area contributed by atoms with E-state index in [0.29, 0.717) is 0 Å². The highest BCUT2D eigenvalue weighted by atomic mass is 15.3. The van der Waals surface area contributed by atoms with Crippen molar-refractivity contribution >= 4 is 68.6 Å². The summed E-state index contributed by atoms with van der Waals surface area (Å²) in [4.78, 5) is 8.28. The Balaban J connectivity index is 1.32.